The molecule has 1 N–H and O–H groups in total. The largest absolute Gasteiger partial charge is 0.457 e. The molecule has 116 valence electrons. The molecule has 1 aliphatic rings. The molecule has 1 saturated heterocycles. The average molecular weight is 305 g/mol. The molecule has 1 fully saturated rings. The highest BCUT2D eigenvalue weighted by Crippen LogP contribution is 2.26. The van der Waals surface area contributed by atoms with E-state index in [2.05, 4.69) is 15.3 Å². The molecule has 9 nitrogen and oxygen atoms in total. The number of carbonyl (C=O) groups excluding carboxylic acids is 1. The molecule has 0 aliphatic carbocycles. The van der Waals surface area contributed by atoms with Crippen molar-refractivity contribution in [2.75, 3.05) is 13.1 Å². The van der Waals surface area contributed by atoms with Gasteiger partial charge in [-0.05, 0) is 30.6 Å². The first-order chi connectivity index (χ1) is 10.5. The number of ether oxygens (including phenoxy) is 1. The number of nitro groups is 1. The van der Waals surface area contributed by atoms with Gasteiger partial charge in [0.25, 0.3) is 5.69 Å². The third kappa shape index (κ3) is 3.33. The maximum Gasteiger partial charge on any atom is 0.338 e. The topological polar surface area (TPSA) is 130 Å². The van der Waals surface area contributed by atoms with Crippen molar-refractivity contribution in [3.05, 3.63) is 50.4 Å². The first kappa shape index (κ1) is 15.7. The van der Waals surface area contributed by atoms with Crippen LogP contribution in [0, 0.1) is 10.1 Å². The van der Waals surface area contributed by atoms with Gasteiger partial charge in [-0.1, -0.05) is 12.0 Å². The minimum Gasteiger partial charge on any atom is -0.457 e. The van der Waals surface area contributed by atoms with Crippen LogP contribution in [0.15, 0.2) is 29.4 Å². The fourth-order valence-corrected chi connectivity index (χ4v) is 2.26. The Morgan fingerprint density at radius 3 is 2.82 bits per heavy atom. The summed E-state index contributed by atoms with van der Waals surface area (Å²) in [6, 6.07) is 5.15. The number of hydrogen-bond acceptors (Lipinski definition) is 6. The zero-order chi connectivity index (χ0) is 16.2. The van der Waals surface area contributed by atoms with Crippen LogP contribution >= 0.6 is 0 Å². The molecule has 1 aromatic carbocycles. The minimum atomic E-state index is -0.809. The third-order valence-electron chi connectivity index (χ3n) is 3.67. The molecule has 22 heavy (non-hydrogen) atoms. The second-order valence-electron chi connectivity index (χ2n) is 5.20. The molecular formula is C13H15N5O4. The van der Waals surface area contributed by atoms with Crippen LogP contribution in [-0.2, 0) is 4.74 Å². The molecule has 0 radical (unpaired) electrons. The monoisotopic (exact) mass is 305 g/mol. The number of azide groups is 1. The molecule has 1 aromatic rings. The summed E-state index contributed by atoms with van der Waals surface area (Å²) in [5, 5.41) is 17.4. The van der Waals surface area contributed by atoms with Gasteiger partial charge in [-0.3, -0.25) is 10.1 Å². The number of rotatable bonds is 4. The second kappa shape index (κ2) is 6.42. The summed E-state index contributed by atoms with van der Waals surface area (Å²) in [4.78, 5) is 25.0. The van der Waals surface area contributed by atoms with Gasteiger partial charge < -0.3 is 10.1 Å². The predicted molar refractivity (Wildman–Crippen MR) is 77.3 cm³/mol. The van der Waals surface area contributed by atoms with Crippen molar-refractivity contribution >= 4 is 11.7 Å². The summed E-state index contributed by atoms with van der Waals surface area (Å²) in [6.45, 7) is 2.79. The Hall–Kier alpha value is -2.64. The summed E-state index contributed by atoms with van der Waals surface area (Å²) in [7, 11) is 0. The van der Waals surface area contributed by atoms with Crippen LogP contribution in [0.4, 0.5) is 5.69 Å². The molecule has 9 heteroatoms. The van der Waals surface area contributed by atoms with Gasteiger partial charge in [0.1, 0.15) is 6.10 Å². The maximum atomic E-state index is 12.1. The number of nitrogens with zero attached hydrogens (tertiary/aromatic N) is 4. The number of carbonyl (C=O) groups is 1. The number of esters is 1. The normalized spacial score (nSPS) is 24.1. The summed E-state index contributed by atoms with van der Waals surface area (Å²) in [5.41, 5.74) is 7.97. The molecule has 0 saturated carbocycles. The van der Waals surface area contributed by atoms with E-state index in [9.17, 15) is 14.9 Å². The van der Waals surface area contributed by atoms with Gasteiger partial charge in [0.15, 0.2) is 0 Å². The van der Waals surface area contributed by atoms with Crippen molar-refractivity contribution in [2.24, 2.45) is 5.11 Å². The SMILES string of the molecule is C[C@]1(N=[N+]=[N-])CCNC[C@H]1OC(=O)c1ccc([N+](=O)[O-])cc1. The lowest BCUT2D eigenvalue weighted by Crippen LogP contribution is -2.52. The van der Waals surface area contributed by atoms with Crippen LogP contribution < -0.4 is 5.32 Å². The van der Waals surface area contributed by atoms with Crippen molar-refractivity contribution in [3.8, 4) is 0 Å². The Morgan fingerprint density at radius 1 is 1.55 bits per heavy atom. The number of hydrogen-bond donors (Lipinski definition) is 1. The molecule has 0 amide bonds. The number of benzene rings is 1. The summed E-state index contributed by atoms with van der Waals surface area (Å²) in [5.74, 6) is -0.608. The van der Waals surface area contributed by atoms with Gasteiger partial charge in [-0.25, -0.2) is 4.79 Å². The van der Waals surface area contributed by atoms with Crippen molar-refractivity contribution in [1.29, 1.82) is 0 Å². The van der Waals surface area contributed by atoms with Crippen LogP contribution in [0.5, 0.6) is 0 Å². The lowest BCUT2D eigenvalue weighted by atomic mass is 9.88. The van der Waals surface area contributed by atoms with E-state index in [0.717, 1.165) is 0 Å². The van der Waals surface area contributed by atoms with Gasteiger partial charge in [-0.2, -0.15) is 0 Å². The zero-order valence-electron chi connectivity index (χ0n) is 11.9. The van der Waals surface area contributed by atoms with E-state index in [0.29, 0.717) is 19.5 Å². The fourth-order valence-electron chi connectivity index (χ4n) is 2.26. The molecule has 2 atom stereocenters. The maximum absolute atomic E-state index is 12.1. The molecule has 0 bridgehead atoms. The molecule has 0 aromatic heterocycles. The van der Waals surface area contributed by atoms with E-state index < -0.39 is 22.5 Å². The van der Waals surface area contributed by atoms with Gasteiger partial charge in [0.2, 0.25) is 0 Å². The third-order valence-corrected chi connectivity index (χ3v) is 3.67. The van der Waals surface area contributed by atoms with E-state index in [4.69, 9.17) is 10.3 Å². The number of nitro benzene ring substituents is 1. The minimum absolute atomic E-state index is 0.102. The van der Waals surface area contributed by atoms with Crippen molar-refractivity contribution in [1.82, 2.24) is 5.32 Å². The summed E-state index contributed by atoms with van der Waals surface area (Å²) >= 11 is 0. The molecule has 0 unspecified atom stereocenters. The van der Waals surface area contributed by atoms with E-state index in [-0.39, 0.29) is 11.3 Å². The Labute approximate surface area is 126 Å². The second-order valence-corrected chi connectivity index (χ2v) is 5.20. The van der Waals surface area contributed by atoms with Gasteiger partial charge in [0, 0.05) is 23.6 Å². The zero-order valence-corrected chi connectivity index (χ0v) is 11.9. The standard InChI is InChI=1S/C13H15N5O4/c1-13(16-17-14)6-7-15-8-11(13)22-12(19)9-2-4-10(5-3-9)18(20)21/h2-5,11,15H,6-8H2,1H3/t11-,13+/m1/s1. The quantitative estimate of drug-likeness (QED) is 0.227. The fraction of sp³-hybridized carbons (Fsp3) is 0.462. The van der Waals surface area contributed by atoms with Gasteiger partial charge >= 0.3 is 5.97 Å². The summed E-state index contributed by atoms with van der Waals surface area (Å²) in [6.07, 6.45) is -0.0465. The van der Waals surface area contributed by atoms with E-state index >= 15 is 0 Å². The van der Waals surface area contributed by atoms with Gasteiger partial charge in [-0.15, -0.1) is 0 Å². The molecule has 2 rings (SSSR count). The predicted octanol–water partition coefficient (Wildman–Crippen LogP) is 2.18. The highest BCUT2D eigenvalue weighted by Gasteiger charge is 2.38. The highest BCUT2D eigenvalue weighted by atomic mass is 16.6. The van der Waals surface area contributed by atoms with Crippen molar-refractivity contribution in [3.63, 3.8) is 0 Å². The molecule has 1 heterocycles. The number of piperidine rings is 1. The van der Waals surface area contributed by atoms with Crippen LogP contribution in [0.3, 0.4) is 0 Å². The lowest BCUT2D eigenvalue weighted by molar-refractivity contribution is -0.384. The number of nitrogens with one attached hydrogen (secondary N) is 1. The van der Waals surface area contributed by atoms with E-state index in [1.54, 1.807) is 6.92 Å². The number of non-ortho nitro benzene ring substituents is 1. The molecule has 1 aliphatic heterocycles. The Bertz CT molecular complexity index is 626. The first-order valence-electron chi connectivity index (χ1n) is 6.69. The van der Waals surface area contributed by atoms with E-state index in [1.807, 2.05) is 0 Å². The first-order valence-corrected chi connectivity index (χ1v) is 6.69. The van der Waals surface area contributed by atoms with Crippen LogP contribution in [0.25, 0.3) is 10.4 Å². The highest BCUT2D eigenvalue weighted by molar-refractivity contribution is 5.89. The Kier molecular flexibility index (Phi) is 4.59. The average Bonchev–Trinajstić information content (AvgIpc) is 2.50. The van der Waals surface area contributed by atoms with E-state index in [1.165, 1.54) is 24.3 Å². The van der Waals surface area contributed by atoms with Gasteiger partial charge in [0.05, 0.1) is 16.0 Å². The Balaban J connectivity index is 2.12. The summed E-state index contributed by atoms with van der Waals surface area (Å²) < 4.78 is 5.41. The lowest BCUT2D eigenvalue weighted by Gasteiger charge is -2.37. The van der Waals surface area contributed by atoms with Crippen LogP contribution in [0.1, 0.15) is 23.7 Å². The Morgan fingerprint density at radius 2 is 2.23 bits per heavy atom. The van der Waals surface area contributed by atoms with Crippen molar-refractivity contribution in [2.45, 2.75) is 25.0 Å². The molecule has 0 spiro atoms. The molecular weight excluding hydrogens is 290 g/mol. The smallest absolute Gasteiger partial charge is 0.338 e. The van der Waals surface area contributed by atoms with Crippen LogP contribution in [-0.4, -0.2) is 35.6 Å². The van der Waals surface area contributed by atoms with Crippen LogP contribution in [0.2, 0.25) is 0 Å². The van der Waals surface area contributed by atoms with Crippen molar-refractivity contribution < 1.29 is 14.5 Å².